The zero-order chi connectivity index (χ0) is 18.4. The van der Waals surface area contributed by atoms with Gasteiger partial charge in [-0.05, 0) is 23.8 Å². The Morgan fingerprint density at radius 3 is 1.67 bits per heavy atom. The Balaban J connectivity index is 0.000000272. The Hall–Kier alpha value is -1.84. The van der Waals surface area contributed by atoms with E-state index in [-0.39, 0.29) is 17.4 Å². The third kappa shape index (κ3) is 8.70. The van der Waals surface area contributed by atoms with Gasteiger partial charge >= 0.3 is 31.2 Å². The van der Waals surface area contributed by atoms with Crippen LogP contribution in [0.2, 0.25) is 0 Å². The van der Waals surface area contributed by atoms with Gasteiger partial charge in [-0.2, -0.15) is 16.8 Å². The minimum atomic E-state index is -4.77. The number of benzene rings is 1. The molecule has 0 radical (unpaired) electrons. The molecule has 0 saturated heterocycles. The van der Waals surface area contributed by atoms with E-state index in [1.54, 1.807) is 6.92 Å². The zero-order valence-corrected chi connectivity index (χ0v) is 14.3. The summed E-state index contributed by atoms with van der Waals surface area (Å²) in [6.07, 6.45) is -0.341. The molecule has 1 atom stereocenters. The van der Waals surface area contributed by atoms with E-state index in [2.05, 4.69) is 18.6 Å². The lowest BCUT2D eigenvalue weighted by Crippen LogP contribution is -2.06. The molecular formula is C10H12N2O9S3. The summed E-state index contributed by atoms with van der Waals surface area (Å²) in [5.41, 5.74) is 0.970. The average molecular weight is 400 g/mol. The summed E-state index contributed by atoms with van der Waals surface area (Å²) in [5, 5.41) is 13.7. The number of aromatic nitrogens is 2. The van der Waals surface area contributed by atoms with Gasteiger partial charge < -0.3 is 13.5 Å². The monoisotopic (exact) mass is 400 g/mol. The third-order valence-corrected chi connectivity index (χ3v) is 3.65. The SMILES string of the molecule is CC(O)c1ccccc1.O=S(=O)(O)Oc1nnc(OS(=O)(=O)O)s1. The van der Waals surface area contributed by atoms with E-state index in [9.17, 15) is 16.8 Å². The molecule has 0 saturated carbocycles. The molecule has 0 aliphatic heterocycles. The molecule has 134 valence electrons. The topological polar surface area (TPSA) is 173 Å². The maximum atomic E-state index is 10.2. The number of aliphatic hydroxyl groups is 1. The fourth-order valence-corrected chi connectivity index (χ4v) is 2.70. The van der Waals surface area contributed by atoms with Crippen molar-refractivity contribution in [3.05, 3.63) is 35.9 Å². The van der Waals surface area contributed by atoms with E-state index in [1.165, 1.54) is 0 Å². The van der Waals surface area contributed by atoms with Gasteiger partial charge in [0.25, 0.3) is 0 Å². The summed E-state index contributed by atoms with van der Waals surface area (Å²) in [5.74, 6) is 0. The van der Waals surface area contributed by atoms with Gasteiger partial charge in [0.1, 0.15) is 0 Å². The normalized spacial score (nSPS) is 12.7. The van der Waals surface area contributed by atoms with Crippen molar-refractivity contribution >= 4 is 32.1 Å². The van der Waals surface area contributed by atoms with E-state index in [4.69, 9.17) is 14.2 Å². The Bertz CT molecular complexity index is 798. The fourth-order valence-electron chi connectivity index (χ4n) is 1.18. The van der Waals surface area contributed by atoms with Gasteiger partial charge in [0.05, 0.1) is 6.10 Å². The van der Waals surface area contributed by atoms with Crippen molar-refractivity contribution in [3.63, 3.8) is 0 Å². The molecule has 2 rings (SSSR count). The van der Waals surface area contributed by atoms with Crippen LogP contribution in [0.5, 0.6) is 10.4 Å². The number of hydrogen-bond acceptors (Lipinski definition) is 10. The zero-order valence-electron chi connectivity index (χ0n) is 11.9. The maximum Gasteiger partial charge on any atom is 0.448 e. The van der Waals surface area contributed by atoms with Gasteiger partial charge in [0.15, 0.2) is 0 Å². The average Bonchev–Trinajstić information content (AvgIpc) is 2.83. The first-order valence-electron chi connectivity index (χ1n) is 5.86. The van der Waals surface area contributed by atoms with Crippen molar-refractivity contribution < 1.29 is 39.4 Å². The predicted molar refractivity (Wildman–Crippen MR) is 81.3 cm³/mol. The highest BCUT2D eigenvalue weighted by atomic mass is 32.3. The van der Waals surface area contributed by atoms with Crippen LogP contribution < -0.4 is 8.37 Å². The molecule has 1 unspecified atom stereocenters. The maximum absolute atomic E-state index is 10.2. The molecule has 0 aliphatic carbocycles. The molecule has 11 nitrogen and oxygen atoms in total. The highest BCUT2D eigenvalue weighted by molar-refractivity contribution is 7.81. The molecule has 1 heterocycles. The minimum Gasteiger partial charge on any atom is -0.389 e. The Labute approximate surface area is 141 Å². The van der Waals surface area contributed by atoms with E-state index >= 15 is 0 Å². The molecule has 0 aliphatic rings. The van der Waals surface area contributed by atoms with Crippen LogP contribution in [-0.4, -0.2) is 41.2 Å². The molecule has 1 aromatic heterocycles. The van der Waals surface area contributed by atoms with E-state index in [0.29, 0.717) is 0 Å². The van der Waals surface area contributed by atoms with Crippen molar-refractivity contribution in [2.45, 2.75) is 13.0 Å². The molecule has 2 aromatic rings. The van der Waals surface area contributed by atoms with Crippen LogP contribution >= 0.6 is 11.3 Å². The number of rotatable bonds is 5. The van der Waals surface area contributed by atoms with Gasteiger partial charge in [-0.25, -0.2) is 0 Å². The summed E-state index contributed by atoms with van der Waals surface area (Å²) >= 11 is 0.242. The molecule has 24 heavy (non-hydrogen) atoms. The second-order valence-corrected chi connectivity index (χ2v) is 6.89. The van der Waals surface area contributed by atoms with Crippen molar-refractivity contribution in [2.24, 2.45) is 0 Å². The first-order valence-corrected chi connectivity index (χ1v) is 9.41. The lowest BCUT2D eigenvalue weighted by atomic mass is 10.1. The Morgan fingerprint density at radius 2 is 1.38 bits per heavy atom. The Kier molecular flexibility index (Phi) is 7.00. The highest BCUT2D eigenvalue weighted by Gasteiger charge is 2.16. The van der Waals surface area contributed by atoms with Crippen LogP contribution in [0.15, 0.2) is 30.3 Å². The molecule has 1 aromatic carbocycles. The van der Waals surface area contributed by atoms with Crippen LogP contribution in [-0.2, 0) is 20.8 Å². The second-order valence-electron chi connectivity index (χ2n) is 3.94. The van der Waals surface area contributed by atoms with Crippen LogP contribution in [0.1, 0.15) is 18.6 Å². The summed E-state index contributed by atoms with van der Waals surface area (Å²) < 4.78 is 64.6. The number of nitrogens with zero attached hydrogens (tertiary/aromatic N) is 2. The van der Waals surface area contributed by atoms with Crippen LogP contribution in [0.4, 0.5) is 0 Å². The summed E-state index contributed by atoms with van der Waals surface area (Å²) in [6.45, 7) is 1.76. The van der Waals surface area contributed by atoms with Crippen molar-refractivity contribution in [1.29, 1.82) is 0 Å². The molecule has 0 bridgehead atoms. The van der Waals surface area contributed by atoms with Gasteiger partial charge in [-0.15, -0.1) is 0 Å². The molecule has 14 heteroatoms. The van der Waals surface area contributed by atoms with Crippen molar-refractivity contribution in [1.82, 2.24) is 10.2 Å². The first-order chi connectivity index (χ1) is 11.0. The molecule has 3 N–H and O–H groups in total. The molecule has 0 fully saturated rings. The van der Waals surface area contributed by atoms with Crippen molar-refractivity contribution in [3.8, 4) is 10.4 Å². The molecule has 0 spiro atoms. The van der Waals surface area contributed by atoms with Crippen LogP contribution in [0.3, 0.4) is 0 Å². The van der Waals surface area contributed by atoms with E-state index in [0.717, 1.165) is 5.56 Å². The first kappa shape index (κ1) is 20.2. The van der Waals surface area contributed by atoms with Crippen LogP contribution in [0.25, 0.3) is 0 Å². The highest BCUT2D eigenvalue weighted by Crippen LogP contribution is 2.25. The van der Waals surface area contributed by atoms with Gasteiger partial charge in [0, 0.05) is 0 Å². The van der Waals surface area contributed by atoms with Gasteiger partial charge in [-0.1, -0.05) is 40.5 Å². The van der Waals surface area contributed by atoms with E-state index < -0.39 is 31.2 Å². The minimum absolute atomic E-state index is 0.242. The third-order valence-electron chi connectivity index (χ3n) is 2.02. The number of aliphatic hydroxyl groups excluding tert-OH is 1. The summed E-state index contributed by atoms with van der Waals surface area (Å²) in [4.78, 5) is 0. The lowest BCUT2D eigenvalue weighted by molar-refractivity contribution is 0.199. The van der Waals surface area contributed by atoms with Gasteiger partial charge in [-0.3, -0.25) is 9.11 Å². The van der Waals surface area contributed by atoms with Crippen LogP contribution in [0, 0.1) is 0 Å². The Morgan fingerprint density at radius 1 is 0.958 bits per heavy atom. The number of hydrogen-bond donors (Lipinski definition) is 3. The summed E-state index contributed by atoms with van der Waals surface area (Å²) in [6, 6.07) is 9.59. The lowest BCUT2D eigenvalue weighted by Gasteiger charge is -2.00. The van der Waals surface area contributed by atoms with Crippen molar-refractivity contribution in [2.75, 3.05) is 0 Å². The van der Waals surface area contributed by atoms with E-state index in [1.807, 2.05) is 30.3 Å². The summed E-state index contributed by atoms with van der Waals surface area (Å²) in [7, 11) is -9.53. The largest absolute Gasteiger partial charge is 0.448 e. The fraction of sp³-hybridized carbons (Fsp3) is 0.200. The second kappa shape index (κ2) is 8.32. The smallest absolute Gasteiger partial charge is 0.389 e. The molecule has 0 amide bonds. The molecular weight excluding hydrogens is 388 g/mol. The van der Waals surface area contributed by atoms with Gasteiger partial charge in [0.2, 0.25) is 0 Å². The standard InChI is InChI=1S/C8H10O.C2H2N2O8S3/c1-7(9)8-5-3-2-4-6-8;5-14(6,7)11-1-3-4-2(13-1)12-15(8,9)10/h2-7,9H,1H3;(H,5,6,7)(H,8,9,10). The predicted octanol–water partition coefficient (Wildman–Crippen LogP) is 0.641. The quantitative estimate of drug-likeness (QED) is 0.601.